The van der Waals surface area contributed by atoms with E-state index in [9.17, 15) is 0 Å². The van der Waals surface area contributed by atoms with Crippen molar-refractivity contribution >= 4 is 0 Å². The van der Waals surface area contributed by atoms with E-state index in [0.29, 0.717) is 6.04 Å². The highest BCUT2D eigenvalue weighted by atomic mass is 16.5. The number of hydrogen-bond acceptors (Lipinski definition) is 4. The molecule has 1 aliphatic heterocycles. The maximum Gasteiger partial charge on any atom is 0.119 e. The van der Waals surface area contributed by atoms with Gasteiger partial charge in [0, 0.05) is 25.2 Å². The lowest BCUT2D eigenvalue weighted by molar-refractivity contribution is -0.0110. The summed E-state index contributed by atoms with van der Waals surface area (Å²) in [6, 6.07) is 8.68. The molecule has 0 bridgehead atoms. The molecule has 0 radical (unpaired) electrons. The number of morpholine rings is 1. The maximum absolute atomic E-state index is 6.37. The molecule has 4 nitrogen and oxygen atoms in total. The van der Waals surface area contributed by atoms with Gasteiger partial charge in [0.05, 0.1) is 19.3 Å². The van der Waals surface area contributed by atoms with Crippen molar-refractivity contribution in [3.05, 3.63) is 29.8 Å². The lowest BCUT2D eigenvalue weighted by Crippen LogP contribution is -2.47. The average molecular weight is 292 g/mol. The fourth-order valence-electron chi connectivity index (χ4n) is 2.73. The molecule has 1 aromatic rings. The van der Waals surface area contributed by atoms with Crippen LogP contribution in [0.4, 0.5) is 0 Å². The molecule has 0 spiro atoms. The van der Waals surface area contributed by atoms with Crippen molar-refractivity contribution in [3.63, 3.8) is 0 Å². The molecule has 21 heavy (non-hydrogen) atoms. The molecule has 1 saturated heterocycles. The van der Waals surface area contributed by atoms with Gasteiger partial charge in [-0.25, -0.2) is 0 Å². The van der Waals surface area contributed by atoms with Gasteiger partial charge in [-0.3, -0.25) is 4.90 Å². The van der Waals surface area contributed by atoms with Crippen LogP contribution in [0.3, 0.4) is 0 Å². The fourth-order valence-corrected chi connectivity index (χ4v) is 2.73. The second-order valence-corrected chi connectivity index (χ2v) is 5.97. The third-order valence-electron chi connectivity index (χ3n) is 3.93. The Balaban J connectivity index is 1.94. The molecule has 1 aromatic carbocycles. The number of nitrogens with zero attached hydrogens (tertiary/aromatic N) is 1. The van der Waals surface area contributed by atoms with Gasteiger partial charge < -0.3 is 15.2 Å². The zero-order valence-corrected chi connectivity index (χ0v) is 13.4. The van der Waals surface area contributed by atoms with Crippen LogP contribution < -0.4 is 10.5 Å². The number of hydrogen-bond donors (Lipinski definition) is 1. The maximum atomic E-state index is 6.37. The molecule has 2 N–H and O–H groups in total. The zero-order chi connectivity index (χ0) is 15.2. The minimum absolute atomic E-state index is 0.0326. The van der Waals surface area contributed by atoms with Crippen LogP contribution in [0.1, 0.15) is 38.8 Å². The van der Waals surface area contributed by atoms with Gasteiger partial charge in [0.2, 0.25) is 0 Å². The summed E-state index contributed by atoms with van der Waals surface area (Å²) in [5.74, 6) is 0.902. The smallest absolute Gasteiger partial charge is 0.119 e. The van der Waals surface area contributed by atoms with Gasteiger partial charge in [0.15, 0.2) is 0 Å². The van der Waals surface area contributed by atoms with Crippen molar-refractivity contribution in [1.29, 1.82) is 0 Å². The van der Waals surface area contributed by atoms with Crippen molar-refractivity contribution in [3.8, 4) is 5.75 Å². The minimum Gasteiger partial charge on any atom is -0.491 e. The van der Waals surface area contributed by atoms with Crippen molar-refractivity contribution in [1.82, 2.24) is 4.90 Å². The predicted molar refractivity (Wildman–Crippen MR) is 85.6 cm³/mol. The number of nitrogens with two attached hydrogens (primary N) is 1. The highest BCUT2D eigenvalue weighted by Crippen LogP contribution is 2.20. The average Bonchev–Trinajstić information content (AvgIpc) is 2.48. The third-order valence-corrected chi connectivity index (χ3v) is 3.93. The van der Waals surface area contributed by atoms with E-state index in [4.69, 9.17) is 15.2 Å². The largest absolute Gasteiger partial charge is 0.491 e. The summed E-state index contributed by atoms with van der Waals surface area (Å²) in [7, 11) is 0. The first-order chi connectivity index (χ1) is 10.1. The predicted octanol–water partition coefficient (Wildman–Crippen LogP) is 2.58. The van der Waals surface area contributed by atoms with E-state index in [1.54, 1.807) is 0 Å². The van der Waals surface area contributed by atoms with Gasteiger partial charge in [-0.15, -0.1) is 0 Å². The Morgan fingerprint density at radius 1 is 1.33 bits per heavy atom. The summed E-state index contributed by atoms with van der Waals surface area (Å²) >= 11 is 0. The summed E-state index contributed by atoms with van der Waals surface area (Å²) in [5.41, 5.74) is 7.53. The Labute approximate surface area is 128 Å². The van der Waals surface area contributed by atoms with Crippen LogP contribution >= 0.6 is 0 Å². The number of rotatable bonds is 6. The SMILES string of the molecule is CCC1COCCN1CC(N)c1ccc(OC(C)C)cc1. The number of ether oxygens (including phenoxy) is 2. The van der Waals surface area contributed by atoms with E-state index < -0.39 is 0 Å². The van der Waals surface area contributed by atoms with Crippen molar-refractivity contribution in [2.75, 3.05) is 26.3 Å². The van der Waals surface area contributed by atoms with E-state index in [0.717, 1.165) is 44.0 Å². The summed E-state index contributed by atoms with van der Waals surface area (Å²) in [6.45, 7) is 9.75. The Morgan fingerprint density at radius 2 is 2.05 bits per heavy atom. The highest BCUT2D eigenvalue weighted by Gasteiger charge is 2.23. The molecule has 0 aromatic heterocycles. The van der Waals surface area contributed by atoms with Gasteiger partial charge >= 0.3 is 0 Å². The molecule has 0 saturated carbocycles. The second-order valence-electron chi connectivity index (χ2n) is 5.97. The van der Waals surface area contributed by atoms with Crippen molar-refractivity contribution < 1.29 is 9.47 Å². The van der Waals surface area contributed by atoms with E-state index in [1.165, 1.54) is 0 Å². The van der Waals surface area contributed by atoms with Crippen LogP contribution in [-0.4, -0.2) is 43.3 Å². The molecular weight excluding hydrogens is 264 g/mol. The van der Waals surface area contributed by atoms with Crippen LogP contribution in [0.2, 0.25) is 0 Å². The van der Waals surface area contributed by atoms with Crippen LogP contribution in [-0.2, 0) is 4.74 Å². The van der Waals surface area contributed by atoms with Crippen LogP contribution in [0.5, 0.6) is 5.75 Å². The summed E-state index contributed by atoms with van der Waals surface area (Å²) in [5, 5.41) is 0. The zero-order valence-electron chi connectivity index (χ0n) is 13.4. The fraction of sp³-hybridized carbons (Fsp3) is 0.647. The van der Waals surface area contributed by atoms with Gasteiger partial charge in [0.1, 0.15) is 5.75 Å². The van der Waals surface area contributed by atoms with Gasteiger partial charge in [0.25, 0.3) is 0 Å². The Kier molecular flexibility index (Phi) is 6.03. The van der Waals surface area contributed by atoms with Gasteiger partial charge in [-0.1, -0.05) is 19.1 Å². The lowest BCUT2D eigenvalue weighted by Gasteiger charge is -2.36. The van der Waals surface area contributed by atoms with Crippen LogP contribution in [0.15, 0.2) is 24.3 Å². The van der Waals surface area contributed by atoms with Gasteiger partial charge in [-0.05, 0) is 38.0 Å². The number of benzene rings is 1. The normalized spacial score (nSPS) is 21.5. The Hall–Kier alpha value is -1.10. The third kappa shape index (κ3) is 4.70. The van der Waals surface area contributed by atoms with E-state index in [1.807, 2.05) is 26.0 Å². The van der Waals surface area contributed by atoms with Crippen LogP contribution in [0.25, 0.3) is 0 Å². The first kappa shape index (κ1) is 16.3. The molecule has 2 atom stereocenters. The molecule has 1 aliphatic rings. The minimum atomic E-state index is 0.0326. The highest BCUT2D eigenvalue weighted by molar-refractivity contribution is 5.29. The molecule has 4 heteroatoms. The van der Waals surface area contributed by atoms with E-state index in [-0.39, 0.29) is 12.1 Å². The molecular formula is C17H28N2O2. The second kappa shape index (κ2) is 7.78. The first-order valence-corrected chi connectivity index (χ1v) is 7.94. The summed E-state index contributed by atoms with van der Waals surface area (Å²) in [6.07, 6.45) is 1.30. The molecule has 1 heterocycles. The quantitative estimate of drug-likeness (QED) is 0.875. The Morgan fingerprint density at radius 3 is 2.67 bits per heavy atom. The topological polar surface area (TPSA) is 47.7 Å². The van der Waals surface area contributed by atoms with E-state index in [2.05, 4.69) is 24.0 Å². The lowest BCUT2D eigenvalue weighted by atomic mass is 10.1. The summed E-state index contributed by atoms with van der Waals surface area (Å²) < 4.78 is 11.2. The monoisotopic (exact) mass is 292 g/mol. The van der Waals surface area contributed by atoms with Crippen molar-refractivity contribution in [2.24, 2.45) is 5.73 Å². The van der Waals surface area contributed by atoms with Gasteiger partial charge in [-0.2, -0.15) is 0 Å². The van der Waals surface area contributed by atoms with Crippen LogP contribution in [0, 0.1) is 0 Å². The summed E-state index contributed by atoms with van der Waals surface area (Å²) in [4.78, 5) is 2.45. The molecule has 0 amide bonds. The standard InChI is InChI=1S/C17H28N2O2/c1-4-15-12-20-10-9-19(15)11-17(18)14-5-7-16(8-6-14)21-13(2)3/h5-8,13,15,17H,4,9-12,18H2,1-3H3. The van der Waals surface area contributed by atoms with E-state index >= 15 is 0 Å². The molecule has 2 unspecified atom stereocenters. The molecule has 2 rings (SSSR count). The van der Waals surface area contributed by atoms with Crippen molar-refractivity contribution in [2.45, 2.75) is 45.4 Å². The Bertz CT molecular complexity index is 419. The first-order valence-electron chi connectivity index (χ1n) is 7.94. The molecule has 0 aliphatic carbocycles. The molecule has 1 fully saturated rings. The molecule has 118 valence electrons.